The molecular formula is C59H49N. The molecule has 7 aromatic carbocycles. The summed E-state index contributed by atoms with van der Waals surface area (Å²) in [5.74, 6) is 0.820. The lowest BCUT2D eigenvalue weighted by Crippen LogP contribution is -2.11. The first-order valence-corrected chi connectivity index (χ1v) is 21.7. The summed E-state index contributed by atoms with van der Waals surface area (Å²) in [4.78, 5) is 5.54. The molecule has 2 aliphatic carbocycles. The monoisotopic (exact) mass is 771 g/mol. The lowest BCUT2D eigenvalue weighted by molar-refractivity contribution is 0.609. The quantitative estimate of drug-likeness (QED) is 0.146. The lowest BCUT2D eigenvalue weighted by Gasteiger charge is -2.24. The van der Waals surface area contributed by atoms with Gasteiger partial charge < -0.3 is 0 Å². The molecule has 0 amide bonds. The fraction of sp³-hybridized carbons (Fsp3) is 0.136. The molecule has 290 valence electrons. The smallest absolute Gasteiger partial charge is 0.0668 e. The summed E-state index contributed by atoms with van der Waals surface area (Å²) in [7, 11) is 0. The van der Waals surface area contributed by atoms with E-state index < -0.39 is 0 Å². The van der Waals surface area contributed by atoms with E-state index >= 15 is 0 Å². The van der Waals surface area contributed by atoms with Gasteiger partial charge in [0.05, 0.1) is 5.70 Å². The number of nitrogens with zero attached hydrogens (tertiary/aromatic N) is 1. The van der Waals surface area contributed by atoms with Gasteiger partial charge in [-0.2, -0.15) is 0 Å². The molecule has 0 aromatic heterocycles. The summed E-state index contributed by atoms with van der Waals surface area (Å²) in [6.07, 6.45) is 22.9. The van der Waals surface area contributed by atoms with Crippen molar-refractivity contribution >= 4 is 16.5 Å². The van der Waals surface area contributed by atoms with Gasteiger partial charge >= 0.3 is 0 Å². The molecule has 3 aliphatic rings. The van der Waals surface area contributed by atoms with Crippen molar-refractivity contribution in [2.24, 2.45) is 10.9 Å². The molecule has 0 spiro atoms. The van der Waals surface area contributed by atoms with Crippen LogP contribution in [0.5, 0.6) is 0 Å². The SMILES string of the molecule is C1=CCCC(C2/C=C(/C3=CCC(c4ccccc4)C=C3)N=C(c3ccc(-c4ccc(-c5ccc(-c6ccccc6)c(-c6ccccc6)c5)c5ccccc45)cc3)CCC2)=C1. The van der Waals surface area contributed by atoms with Crippen molar-refractivity contribution in [2.75, 3.05) is 0 Å². The van der Waals surface area contributed by atoms with Gasteiger partial charge in [-0.3, -0.25) is 4.99 Å². The first-order chi connectivity index (χ1) is 29.7. The second kappa shape index (κ2) is 17.2. The van der Waals surface area contributed by atoms with Gasteiger partial charge in [0.2, 0.25) is 0 Å². The average molecular weight is 772 g/mol. The third-order valence-corrected chi connectivity index (χ3v) is 12.6. The van der Waals surface area contributed by atoms with E-state index in [1.807, 2.05) is 0 Å². The van der Waals surface area contributed by atoms with Gasteiger partial charge in [-0.05, 0) is 117 Å². The van der Waals surface area contributed by atoms with E-state index in [2.05, 4.69) is 212 Å². The van der Waals surface area contributed by atoms with Gasteiger partial charge in [-0.1, -0.05) is 212 Å². The molecule has 0 bridgehead atoms. The molecule has 0 N–H and O–H groups in total. The van der Waals surface area contributed by atoms with E-state index in [1.54, 1.807) is 5.57 Å². The number of hydrogen-bond acceptors (Lipinski definition) is 1. The Hall–Kier alpha value is -6.83. The minimum absolute atomic E-state index is 0.402. The molecule has 1 nitrogen and oxygen atoms in total. The normalized spacial score (nSPS) is 18.7. The van der Waals surface area contributed by atoms with Gasteiger partial charge in [0.15, 0.2) is 0 Å². The number of rotatable bonds is 8. The van der Waals surface area contributed by atoms with Gasteiger partial charge in [-0.25, -0.2) is 0 Å². The van der Waals surface area contributed by atoms with Crippen LogP contribution in [-0.2, 0) is 0 Å². The topological polar surface area (TPSA) is 12.4 Å². The first kappa shape index (κ1) is 37.4. The zero-order valence-electron chi connectivity index (χ0n) is 34.1. The molecule has 1 aliphatic heterocycles. The van der Waals surface area contributed by atoms with Crippen LogP contribution in [0, 0.1) is 5.92 Å². The highest BCUT2D eigenvalue weighted by atomic mass is 14.8. The maximum atomic E-state index is 5.54. The predicted molar refractivity (Wildman–Crippen MR) is 255 cm³/mol. The van der Waals surface area contributed by atoms with E-state index in [0.717, 1.165) is 44.2 Å². The van der Waals surface area contributed by atoms with E-state index in [4.69, 9.17) is 4.99 Å². The van der Waals surface area contributed by atoms with Gasteiger partial charge in [0.1, 0.15) is 0 Å². The minimum Gasteiger partial charge on any atom is -0.253 e. The molecule has 2 unspecified atom stereocenters. The summed E-state index contributed by atoms with van der Waals surface area (Å²) in [5.41, 5.74) is 17.5. The number of allylic oxidation sites excluding steroid dienone is 8. The van der Waals surface area contributed by atoms with Crippen molar-refractivity contribution in [1.82, 2.24) is 0 Å². The largest absolute Gasteiger partial charge is 0.253 e. The molecule has 1 heterocycles. The molecule has 10 rings (SSSR count). The summed E-state index contributed by atoms with van der Waals surface area (Å²) in [6.45, 7) is 0. The Balaban J connectivity index is 0.981. The van der Waals surface area contributed by atoms with E-state index in [9.17, 15) is 0 Å². The van der Waals surface area contributed by atoms with E-state index in [-0.39, 0.29) is 0 Å². The van der Waals surface area contributed by atoms with Crippen molar-refractivity contribution in [2.45, 2.75) is 44.4 Å². The summed E-state index contributed by atoms with van der Waals surface area (Å²) < 4.78 is 0. The number of fused-ring (bicyclic) bond motifs is 1. The maximum absolute atomic E-state index is 5.54. The molecule has 2 atom stereocenters. The van der Waals surface area contributed by atoms with E-state index in [0.29, 0.717) is 11.8 Å². The maximum Gasteiger partial charge on any atom is 0.0668 e. The Morgan fingerprint density at radius 2 is 1.10 bits per heavy atom. The third kappa shape index (κ3) is 7.84. The van der Waals surface area contributed by atoms with Crippen LogP contribution >= 0.6 is 0 Å². The minimum atomic E-state index is 0.402. The summed E-state index contributed by atoms with van der Waals surface area (Å²) >= 11 is 0. The third-order valence-electron chi connectivity index (χ3n) is 12.6. The van der Waals surface area contributed by atoms with Gasteiger partial charge in [0, 0.05) is 17.5 Å². The molecule has 7 aromatic rings. The van der Waals surface area contributed by atoms with Crippen molar-refractivity contribution in [3.05, 3.63) is 240 Å². The average Bonchev–Trinajstić information content (AvgIpc) is 3.32. The second-order valence-corrected chi connectivity index (χ2v) is 16.4. The van der Waals surface area contributed by atoms with Crippen LogP contribution in [0.15, 0.2) is 234 Å². The van der Waals surface area contributed by atoms with Crippen molar-refractivity contribution in [1.29, 1.82) is 0 Å². The lowest BCUT2D eigenvalue weighted by atomic mass is 9.84. The predicted octanol–water partition coefficient (Wildman–Crippen LogP) is 15.9. The fourth-order valence-corrected chi connectivity index (χ4v) is 9.43. The molecule has 0 fully saturated rings. The molecular weight excluding hydrogens is 723 g/mol. The molecule has 0 radical (unpaired) electrons. The Labute approximate surface area is 355 Å². The zero-order chi connectivity index (χ0) is 40.1. The van der Waals surface area contributed by atoms with Crippen LogP contribution in [0.3, 0.4) is 0 Å². The number of benzene rings is 7. The van der Waals surface area contributed by atoms with E-state index in [1.165, 1.54) is 77.7 Å². The Bertz CT molecular complexity index is 2830. The fourth-order valence-electron chi connectivity index (χ4n) is 9.43. The number of aliphatic imine (C=N–C) groups is 1. The van der Waals surface area contributed by atoms with Crippen LogP contribution in [-0.4, -0.2) is 5.71 Å². The Kier molecular flexibility index (Phi) is 10.7. The summed E-state index contributed by atoms with van der Waals surface area (Å²) in [5, 5.41) is 2.51. The highest BCUT2D eigenvalue weighted by Crippen LogP contribution is 2.41. The van der Waals surface area contributed by atoms with Crippen molar-refractivity contribution in [3.63, 3.8) is 0 Å². The van der Waals surface area contributed by atoms with Gasteiger partial charge in [0.25, 0.3) is 0 Å². The standard InChI is InChI=1S/C59H49N/c1-5-16-42(17-6-1)44-28-32-49(33-29-44)59-41-50(43-18-7-2-8-19-43)24-15-27-58(60-59)48-34-30-47(31-35-48)52-38-39-54(56-26-14-13-25-55(52)56)51-36-37-53(45-20-9-3-10-21-45)57(40-51)46-22-11-4-12-23-46/h1-7,9-14,16-18,20-23,25-26,28,30-41,44,50H,8,15,19,24,27,29H2/b59-41-,60-58?. The second-order valence-electron chi connectivity index (χ2n) is 16.4. The molecule has 1 heteroatoms. The highest BCUT2D eigenvalue weighted by Gasteiger charge is 2.21. The van der Waals surface area contributed by atoms with Crippen LogP contribution in [0.4, 0.5) is 0 Å². The molecule has 60 heavy (non-hydrogen) atoms. The molecule has 0 saturated heterocycles. The Morgan fingerprint density at radius 3 is 1.77 bits per heavy atom. The van der Waals surface area contributed by atoms with Crippen LogP contribution < -0.4 is 0 Å². The Morgan fingerprint density at radius 1 is 0.500 bits per heavy atom. The van der Waals surface area contributed by atoms with Crippen molar-refractivity contribution in [3.8, 4) is 44.5 Å². The summed E-state index contributed by atoms with van der Waals surface area (Å²) in [6, 6.07) is 62.0. The molecule has 0 saturated carbocycles. The van der Waals surface area contributed by atoms with Crippen LogP contribution in [0.1, 0.15) is 55.6 Å². The zero-order valence-corrected chi connectivity index (χ0v) is 34.1. The van der Waals surface area contributed by atoms with Crippen molar-refractivity contribution < 1.29 is 0 Å². The van der Waals surface area contributed by atoms with Crippen LogP contribution in [0.2, 0.25) is 0 Å². The highest BCUT2D eigenvalue weighted by molar-refractivity contribution is 6.06. The first-order valence-electron chi connectivity index (χ1n) is 21.7. The van der Waals surface area contributed by atoms with Gasteiger partial charge in [-0.15, -0.1) is 0 Å². The number of hydrogen-bond donors (Lipinski definition) is 0. The van der Waals surface area contributed by atoms with Crippen LogP contribution in [0.25, 0.3) is 55.3 Å².